The van der Waals surface area contributed by atoms with E-state index in [1.165, 1.54) is 14.2 Å². The van der Waals surface area contributed by atoms with E-state index in [1.54, 1.807) is 12.1 Å². The van der Waals surface area contributed by atoms with Crippen molar-refractivity contribution in [3.05, 3.63) is 41.0 Å². The van der Waals surface area contributed by atoms with E-state index < -0.39 is 35.2 Å². The Morgan fingerprint density at radius 2 is 1.70 bits per heavy atom. The molecule has 2 heterocycles. The van der Waals surface area contributed by atoms with Gasteiger partial charge in [0.1, 0.15) is 0 Å². The number of rotatable bonds is 14. The van der Waals surface area contributed by atoms with Crippen molar-refractivity contribution in [1.82, 2.24) is 16.0 Å². The number of alkyl halides is 1. The van der Waals surface area contributed by atoms with Gasteiger partial charge in [0.15, 0.2) is 28.5 Å². The molecule has 3 aliphatic rings. The molecule has 1 amide bonds. The van der Waals surface area contributed by atoms with Crippen LogP contribution in [0.3, 0.4) is 0 Å². The second-order valence-corrected chi connectivity index (χ2v) is 11.2. The highest BCUT2D eigenvalue weighted by molar-refractivity contribution is 6.30. The van der Waals surface area contributed by atoms with E-state index in [0.29, 0.717) is 30.2 Å². The van der Waals surface area contributed by atoms with Crippen molar-refractivity contribution in [1.29, 1.82) is 0 Å². The highest BCUT2D eigenvalue weighted by atomic mass is 35.5. The van der Waals surface area contributed by atoms with Crippen molar-refractivity contribution in [2.24, 2.45) is 17.6 Å². The summed E-state index contributed by atoms with van der Waals surface area (Å²) in [6, 6.07) is 6.47. The van der Waals surface area contributed by atoms with Gasteiger partial charge in [0.25, 0.3) is 5.91 Å². The smallest absolute Gasteiger partial charge is 0.310 e. The van der Waals surface area contributed by atoms with Crippen LogP contribution in [-0.4, -0.2) is 76.3 Å². The third-order valence-electron chi connectivity index (χ3n) is 8.24. The lowest BCUT2D eigenvalue weighted by Crippen LogP contribution is -2.48. The normalized spacial score (nSPS) is 22.4. The molecular formula is C30H39ClN4O8. The molecule has 5 rings (SSSR count). The Labute approximate surface area is 255 Å². The van der Waals surface area contributed by atoms with Gasteiger partial charge < -0.3 is 45.2 Å². The van der Waals surface area contributed by atoms with E-state index in [1.807, 2.05) is 12.1 Å². The molecule has 5 unspecified atom stereocenters. The SMILES string of the molecule is COc1cc(C2c3cc4c(cc3C(NC(=O)C(Cl)NCCCNCCCCN)C3COC(=O)C23)OCO4)cc(OC)c1O. The average molecular weight is 619 g/mol. The van der Waals surface area contributed by atoms with Crippen LogP contribution in [-0.2, 0) is 14.3 Å². The minimum atomic E-state index is -0.977. The van der Waals surface area contributed by atoms with Crippen molar-refractivity contribution < 1.29 is 38.4 Å². The maximum absolute atomic E-state index is 13.3. The predicted molar refractivity (Wildman–Crippen MR) is 158 cm³/mol. The van der Waals surface area contributed by atoms with Gasteiger partial charge in [0, 0.05) is 11.8 Å². The van der Waals surface area contributed by atoms with Crippen LogP contribution in [0.5, 0.6) is 28.7 Å². The molecule has 1 saturated heterocycles. The largest absolute Gasteiger partial charge is 0.502 e. The first-order valence-corrected chi connectivity index (χ1v) is 14.9. The molecule has 1 aliphatic carbocycles. The van der Waals surface area contributed by atoms with Crippen LogP contribution in [0.25, 0.3) is 0 Å². The number of carbonyl (C=O) groups excluding carboxylic acids is 2. The average Bonchev–Trinajstić information content (AvgIpc) is 3.63. The number of carbonyl (C=O) groups is 2. The first kappa shape index (κ1) is 31.0. The fraction of sp³-hybridized carbons (Fsp3) is 0.533. The lowest BCUT2D eigenvalue weighted by Gasteiger charge is -2.39. The number of cyclic esters (lactones) is 1. The number of fused-ring (bicyclic) bond motifs is 3. The van der Waals surface area contributed by atoms with Crippen LogP contribution in [0.1, 0.15) is 47.9 Å². The van der Waals surface area contributed by atoms with Crippen molar-refractivity contribution in [2.75, 3.05) is 53.8 Å². The fourth-order valence-corrected chi connectivity index (χ4v) is 6.29. The van der Waals surface area contributed by atoms with Crippen molar-refractivity contribution in [3.63, 3.8) is 0 Å². The van der Waals surface area contributed by atoms with E-state index >= 15 is 0 Å². The van der Waals surface area contributed by atoms with Crippen LogP contribution < -0.4 is 40.6 Å². The van der Waals surface area contributed by atoms with Crippen molar-refractivity contribution >= 4 is 23.5 Å². The van der Waals surface area contributed by atoms with Crippen molar-refractivity contribution in [2.45, 2.75) is 36.7 Å². The number of phenolic OH excluding ortho intramolecular Hbond substituents is 1. The number of aromatic hydroxyl groups is 1. The van der Waals surface area contributed by atoms with Crippen LogP contribution in [0.2, 0.25) is 0 Å². The lowest BCUT2D eigenvalue weighted by molar-refractivity contribution is -0.141. The zero-order valence-electron chi connectivity index (χ0n) is 24.3. The Morgan fingerprint density at radius 1 is 1.02 bits per heavy atom. The summed E-state index contributed by atoms with van der Waals surface area (Å²) in [6.45, 7) is 3.10. The van der Waals surface area contributed by atoms with Gasteiger partial charge in [0.05, 0.1) is 32.8 Å². The van der Waals surface area contributed by atoms with E-state index in [2.05, 4.69) is 16.0 Å². The summed E-state index contributed by atoms with van der Waals surface area (Å²) in [4.78, 5) is 26.7. The molecule has 6 N–H and O–H groups in total. The number of nitrogens with two attached hydrogens (primary N) is 1. The van der Waals surface area contributed by atoms with Gasteiger partial charge in [-0.15, -0.1) is 0 Å². The van der Waals surface area contributed by atoms with E-state index in [0.717, 1.165) is 43.5 Å². The third-order valence-corrected chi connectivity index (χ3v) is 8.59. The second kappa shape index (κ2) is 13.9. The highest BCUT2D eigenvalue weighted by Gasteiger charge is 2.53. The molecule has 1 fully saturated rings. The summed E-state index contributed by atoms with van der Waals surface area (Å²) >= 11 is 6.48. The zero-order valence-corrected chi connectivity index (χ0v) is 25.1. The maximum Gasteiger partial charge on any atom is 0.310 e. The summed E-state index contributed by atoms with van der Waals surface area (Å²) in [5.41, 5.74) is 6.74. The topological polar surface area (TPSA) is 163 Å². The summed E-state index contributed by atoms with van der Waals surface area (Å²) in [7, 11) is 2.89. The first-order valence-electron chi connectivity index (χ1n) is 14.5. The minimum absolute atomic E-state index is 0.0607. The minimum Gasteiger partial charge on any atom is -0.502 e. The Kier molecular flexibility index (Phi) is 10.0. The third kappa shape index (κ3) is 6.42. The maximum atomic E-state index is 13.3. The number of benzene rings is 2. The number of hydrogen-bond donors (Lipinski definition) is 5. The number of halogens is 1. The van der Waals surface area contributed by atoms with E-state index in [-0.39, 0.29) is 36.6 Å². The first-order chi connectivity index (χ1) is 20.9. The Hall–Kier alpha value is -3.45. The van der Waals surface area contributed by atoms with E-state index in [9.17, 15) is 14.7 Å². The van der Waals surface area contributed by atoms with Gasteiger partial charge in [-0.3, -0.25) is 14.9 Å². The number of ether oxygens (including phenoxy) is 5. The van der Waals surface area contributed by atoms with Gasteiger partial charge in [-0.05, 0) is 86.4 Å². The molecule has 13 heteroatoms. The molecule has 0 radical (unpaired) electrons. The van der Waals surface area contributed by atoms with Crippen LogP contribution in [0.4, 0.5) is 0 Å². The van der Waals surface area contributed by atoms with Crippen molar-refractivity contribution in [3.8, 4) is 28.7 Å². The molecule has 0 spiro atoms. The van der Waals surface area contributed by atoms with Crippen LogP contribution in [0, 0.1) is 11.8 Å². The summed E-state index contributed by atoms with van der Waals surface area (Å²) in [5.74, 6) is -1.01. The van der Waals surface area contributed by atoms with Crippen LogP contribution >= 0.6 is 11.6 Å². The quantitative estimate of drug-likeness (QED) is 0.0912. The number of hydrogen-bond acceptors (Lipinski definition) is 11. The summed E-state index contributed by atoms with van der Waals surface area (Å²) < 4.78 is 27.8. The molecule has 2 aromatic rings. The molecule has 0 aromatic heterocycles. The number of esters is 1. The molecular weight excluding hydrogens is 580 g/mol. The predicted octanol–water partition coefficient (Wildman–Crippen LogP) is 2.10. The number of nitrogens with one attached hydrogen (secondary N) is 3. The lowest BCUT2D eigenvalue weighted by atomic mass is 9.65. The molecule has 43 heavy (non-hydrogen) atoms. The Morgan fingerprint density at radius 3 is 2.37 bits per heavy atom. The monoisotopic (exact) mass is 618 g/mol. The number of phenols is 1. The van der Waals surface area contributed by atoms with Gasteiger partial charge >= 0.3 is 5.97 Å². The Balaban J connectivity index is 1.41. The molecule has 5 atom stereocenters. The number of methoxy groups -OCH3 is 2. The molecule has 2 aromatic carbocycles. The number of amides is 1. The van der Waals surface area contributed by atoms with Gasteiger partial charge in [-0.1, -0.05) is 11.6 Å². The molecule has 0 saturated carbocycles. The second-order valence-electron chi connectivity index (χ2n) is 10.8. The van der Waals surface area contributed by atoms with Gasteiger partial charge in [-0.25, -0.2) is 0 Å². The van der Waals surface area contributed by atoms with Gasteiger partial charge in [-0.2, -0.15) is 0 Å². The molecule has 2 aliphatic heterocycles. The molecule has 234 valence electrons. The molecule has 12 nitrogen and oxygen atoms in total. The standard InChI is InChI=1S/C30H39ClN4O8/c1-39-22-10-16(11-23(40-2)27(22)36)24-17-12-20-21(43-15-42-20)13-18(17)26(19-14-41-30(38)25(19)24)35-29(37)28(31)34-9-5-8-33-7-4-3-6-32/h10-13,19,24-26,28,33-34,36H,3-9,14-15,32H2,1-2H3,(H,35,37). The summed E-state index contributed by atoms with van der Waals surface area (Å²) in [6.07, 6.45) is 2.80. The summed E-state index contributed by atoms with van der Waals surface area (Å²) in [5, 5.41) is 20.1. The number of unbranched alkanes of at least 4 members (excludes halogenated alkanes) is 1. The highest BCUT2D eigenvalue weighted by Crippen LogP contribution is 2.55. The zero-order chi connectivity index (χ0) is 30.5. The molecule has 0 bridgehead atoms. The fourth-order valence-electron chi connectivity index (χ4n) is 6.12. The van der Waals surface area contributed by atoms with Gasteiger partial charge in [0.2, 0.25) is 12.5 Å². The van der Waals surface area contributed by atoms with E-state index in [4.69, 9.17) is 41.0 Å². The Bertz CT molecular complexity index is 1300. The van der Waals surface area contributed by atoms with Crippen LogP contribution in [0.15, 0.2) is 24.3 Å².